The highest BCUT2D eigenvalue weighted by Gasteiger charge is 2.57. The van der Waals surface area contributed by atoms with Crippen molar-refractivity contribution >= 4 is 0 Å². The quantitative estimate of drug-likeness (QED) is 0.637. The van der Waals surface area contributed by atoms with Crippen LogP contribution in [0.25, 0.3) is 0 Å². The lowest BCUT2D eigenvalue weighted by molar-refractivity contribution is 0.223. The third kappa shape index (κ3) is 1.30. The highest BCUT2D eigenvalue weighted by molar-refractivity contribution is 5.07. The van der Waals surface area contributed by atoms with E-state index >= 15 is 0 Å². The van der Waals surface area contributed by atoms with E-state index in [4.69, 9.17) is 5.11 Å². The fourth-order valence-corrected chi connectivity index (χ4v) is 2.19. The summed E-state index contributed by atoms with van der Waals surface area (Å²) in [5, 5.41) is 12.2. The van der Waals surface area contributed by atoms with Gasteiger partial charge in [-0.3, -0.25) is 0 Å². The van der Waals surface area contributed by atoms with Crippen molar-refractivity contribution in [3.63, 3.8) is 0 Å². The van der Waals surface area contributed by atoms with Crippen LogP contribution in [0.4, 0.5) is 0 Å². The minimum Gasteiger partial charge on any atom is -0.395 e. The summed E-state index contributed by atoms with van der Waals surface area (Å²) in [7, 11) is 1.92. The van der Waals surface area contributed by atoms with Gasteiger partial charge >= 0.3 is 0 Å². The van der Waals surface area contributed by atoms with Crippen LogP contribution in [0.15, 0.2) is 0 Å². The SMILES string of the molecule is CN[C@H](CO)[C@@H]1[C@H](C)C1(C)C. The van der Waals surface area contributed by atoms with E-state index in [2.05, 4.69) is 26.1 Å². The minimum atomic E-state index is 0.259. The van der Waals surface area contributed by atoms with Gasteiger partial charge in [-0.05, 0) is 24.3 Å². The predicted octanol–water partition coefficient (Wildman–Crippen LogP) is 0.859. The van der Waals surface area contributed by atoms with Crippen molar-refractivity contribution in [2.45, 2.75) is 26.8 Å². The second-order valence-corrected chi connectivity index (χ2v) is 4.21. The van der Waals surface area contributed by atoms with Crippen LogP contribution in [0.3, 0.4) is 0 Å². The molecule has 2 nitrogen and oxygen atoms in total. The Morgan fingerprint density at radius 1 is 1.55 bits per heavy atom. The maximum absolute atomic E-state index is 9.02. The molecule has 1 aliphatic rings. The first-order chi connectivity index (χ1) is 5.05. The molecule has 66 valence electrons. The molecule has 0 bridgehead atoms. The molecule has 0 spiro atoms. The average molecular weight is 157 g/mol. The summed E-state index contributed by atoms with van der Waals surface area (Å²) in [6, 6.07) is 0.292. The Labute approximate surface area is 69.0 Å². The van der Waals surface area contributed by atoms with Gasteiger partial charge in [0.25, 0.3) is 0 Å². The number of aliphatic hydroxyl groups is 1. The van der Waals surface area contributed by atoms with Crippen molar-refractivity contribution in [2.24, 2.45) is 17.3 Å². The lowest BCUT2D eigenvalue weighted by Crippen LogP contribution is -2.33. The van der Waals surface area contributed by atoms with Gasteiger partial charge in [0.2, 0.25) is 0 Å². The van der Waals surface area contributed by atoms with Crippen LogP contribution >= 0.6 is 0 Å². The van der Waals surface area contributed by atoms with Crippen LogP contribution in [-0.4, -0.2) is 24.8 Å². The largest absolute Gasteiger partial charge is 0.395 e. The summed E-state index contributed by atoms with van der Waals surface area (Å²) in [5.41, 5.74) is 0.427. The number of nitrogens with one attached hydrogen (secondary N) is 1. The maximum Gasteiger partial charge on any atom is 0.0587 e. The van der Waals surface area contributed by atoms with Crippen molar-refractivity contribution in [1.29, 1.82) is 0 Å². The molecule has 2 heteroatoms. The van der Waals surface area contributed by atoms with Crippen molar-refractivity contribution in [3.05, 3.63) is 0 Å². The Morgan fingerprint density at radius 2 is 2.00 bits per heavy atom. The highest BCUT2D eigenvalue weighted by atomic mass is 16.3. The van der Waals surface area contributed by atoms with Gasteiger partial charge in [0.05, 0.1) is 6.61 Å². The van der Waals surface area contributed by atoms with Gasteiger partial charge in [-0.25, -0.2) is 0 Å². The van der Waals surface area contributed by atoms with Gasteiger partial charge in [0.15, 0.2) is 0 Å². The molecule has 2 N–H and O–H groups in total. The summed E-state index contributed by atoms with van der Waals surface area (Å²) in [5.74, 6) is 1.39. The second kappa shape index (κ2) is 2.76. The maximum atomic E-state index is 9.02. The van der Waals surface area contributed by atoms with Gasteiger partial charge in [0.1, 0.15) is 0 Å². The van der Waals surface area contributed by atoms with E-state index in [1.165, 1.54) is 0 Å². The topological polar surface area (TPSA) is 32.3 Å². The molecule has 0 aliphatic heterocycles. The minimum absolute atomic E-state index is 0.259. The van der Waals surface area contributed by atoms with Gasteiger partial charge in [-0.15, -0.1) is 0 Å². The van der Waals surface area contributed by atoms with Gasteiger partial charge in [-0.1, -0.05) is 20.8 Å². The average Bonchev–Trinajstić information content (AvgIpc) is 2.41. The molecule has 1 aliphatic carbocycles. The molecule has 0 aromatic carbocycles. The standard InChI is InChI=1S/C9H19NO/c1-6-8(9(6,2)3)7(5-11)10-4/h6-8,10-11H,5H2,1-4H3/t6-,7+,8-/m0/s1. The van der Waals surface area contributed by atoms with E-state index < -0.39 is 0 Å². The first-order valence-corrected chi connectivity index (χ1v) is 4.33. The Hall–Kier alpha value is -0.0800. The first-order valence-electron chi connectivity index (χ1n) is 4.33. The third-order valence-corrected chi connectivity index (χ3v) is 3.46. The zero-order valence-electron chi connectivity index (χ0n) is 7.89. The molecule has 0 saturated heterocycles. The van der Waals surface area contributed by atoms with Crippen LogP contribution < -0.4 is 5.32 Å². The van der Waals surface area contributed by atoms with Crippen molar-refractivity contribution in [3.8, 4) is 0 Å². The smallest absolute Gasteiger partial charge is 0.0587 e. The monoisotopic (exact) mass is 157 g/mol. The summed E-state index contributed by atoms with van der Waals surface area (Å²) < 4.78 is 0. The summed E-state index contributed by atoms with van der Waals surface area (Å²) in [6.07, 6.45) is 0. The van der Waals surface area contributed by atoms with Crippen molar-refractivity contribution < 1.29 is 5.11 Å². The van der Waals surface area contributed by atoms with Crippen molar-refractivity contribution in [1.82, 2.24) is 5.32 Å². The molecule has 0 aromatic rings. The van der Waals surface area contributed by atoms with E-state index in [9.17, 15) is 0 Å². The fourth-order valence-electron chi connectivity index (χ4n) is 2.19. The highest BCUT2D eigenvalue weighted by Crippen LogP contribution is 2.59. The van der Waals surface area contributed by atoms with Crippen molar-refractivity contribution in [2.75, 3.05) is 13.7 Å². The first kappa shape index (κ1) is 9.01. The molecule has 0 unspecified atom stereocenters. The van der Waals surface area contributed by atoms with Crippen LogP contribution in [-0.2, 0) is 0 Å². The second-order valence-electron chi connectivity index (χ2n) is 4.21. The van der Waals surface area contributed by atoms with E-state index in [0.29, 0.717) is 17.4 Å². The summed E-state index contributed by atoms with van der Waals surface area (Å²) >= 11 is 0. The molecular formula is C9H19NO. The zero-order valence-corrected chi connectivity index (χ0v) is 7.89. The summed E-state index contributed by atoms with van der Waals surface area (Å²) in [4.78, 5) is 0. The molecule has 1 saturated carbocycles. The number of aliphatic hydroxyl groups excluding tert-OH is 1. The normalized spacial score (nSPS) is 36.8. The number of hydrogen-bond acceptors (Lipinski definition) is 2. The molecule has 0 aromatic heterocycles. The summed E-state index contributed by atoms with van der Waals surface area (Å²) in [6.45, 7) is 7.05. The lowest BCUT2D eigenvalue weighted by atomic mass is 10.0. The van der Waals surface area contributed by atoms with Gasteiger partial charge < -0.3 is 10.4 Å². The number of hydrogen-bond donors (Lipinski definition) is 2. The number of rotatable bonds is 3. The van der Waals surface area contributed by atoms with E-state index in [1.54, 1.807) is 0 Å². The van der Waals surface area contributed by atoms with E-state index in [1.807, 2.05) is 7.05 Å². The van der Waals surface area contributed by atoms with Crippen LogP contribution in [0, 0.1) is 17.3 Å². The van der Waals surface area contributed by atoms with Gasteiger partial charge in [0, 0.05) is 6.04 Å². The third-order valence-electron chi connectivity index (χ3n) is 3.46. The molecule has 1 fully saturated rings. The van der Waals surface area contributed by atoms with Crippen LogP contribution in [0.2, 0.25) is 0 Å². The zero-order chi connectivity index (χ0) is 8.65. The molecule has 0 heterocycles. The molecule has 1 rings (SSSR count). The molecule has 11 heavy (non-hydrogen) atoms. The van der Waals surface area contributed by atoms with Crippen LogP contribution in [0.5, 0.6) is 0 Å². The van der Waals surface area contributed by atoms with E-state index in [-0.39, 0.29) is 6.61 Å². The lowest BCUT2D eigenvalue weighted by Gasteiger charge is -2.14. The molecule has 3 atom stereocenters. The Balaban J connectivity index is 2.51. The Morgan fingerprint density at radius 3 is 2.09 bits per heavy atom. The Bertz CT molecular complexity index is 140. The number of likely N-dealkylation sites (N-methyl/N-ethyl adjacent to an activating group) is 1. The van der Waals surface area contributed by atoms with E-state index in [0.717, 1.165) is 5.92 Å². The molecular weight excluding hydrogens is 138 g/mol. The predicted molar refractivity (Wildman–Crippen MR) is 46.4 cm³/mol. The Kier molecular flexibility index (Phi) is 2.26. The molecule has 0 amide bonds. The van der Waals surface area contributed by atoms with Gasteiger partial charge in [-0.2, -0.15) is 0 Å². The molecule has 0 radical (unpaired) electrons. The fraction of sp³-hybridized carbons (Fsp3) is 1.00. The van der Waals surface area contributed by atoms with Crippen LogP contribution in [0.1, 0.15) is 20.8 Å².